The van der Waals surface area contributed by atoms with Crippen LogP contribution in [0.5, 0.6) is 0 Å². The Balaban J connectivity index is 2.19. The molecule has 0 fully saturated rings. The van der Waals surface area contributed by atoms with Crippen LogP contribution in [-0.2, 0) is 0 Å². The van der Waals surface area contributed by atoms with Crippen molar-refractivity contribution < 1.29 is 0 Å². The molecule has 3 aromatic rings. The summed E-state index contributed by atoms with van der Waals surface area (Å²) in [5, 5.41) is 0. The maximum atomic E-state index is 4.70. The zero-order valence-corrected chi connectivity index (χ0v) is 11.3. The molecule has 0 amide bonds. The quantitative estimate of drug-likeness (QED) is 0.666. The minimum atomic E-state index is 0.950. The third-order valence-corrected chi connectivity index (χ3v) is 3.45. The highest BCUT2D eigenvalue weighted by molar-refractivity contribution is 5.87. The third kappa shape index (κ3) is 2.12. The van der Waals surface area contributed by atoms with Gasteiger partial charge in [-0.1, -0.05) is 12.1 Å². The number of hydrogen-bond donors (Lipinski definition) is 0. The first kappa shape index (κ1) is 11.9. The molecule has 1 aromatic heterocycles. The highest BCUT2D eigenvalue weighted by Gasteiger charge is 2.05. The van der Waals surface area contributed by atoms with Crippen LogP contribution in [0.15, 0.2) is 42.5 Å². The van der Waals surface area contributed by atoms with Crippen molar-refractivity contribution in [2.24, 2.45) is 0 Å². The van der Waals surface area contributed by atoms with Gasteiger partial charge in [-0.3, -0.25) is 0 Å². The summed E-state index contributed by atoms with van der Waals surface area (Å²) >= 11 is 0. The van der Waals surface area contributed by atoms with E-state index in [1.165, 1.54) is 5.69 Å². The molecule has 3 nitrogen and oxygen atoms in total. The van der Waals surface area contributed by atoms with Gasteiger partial charge in [-0.15, -0.1) is 0 Å². The molecular formula is C16H17N3. The van der Waals surface area contributed by atoms with Crippen LogP contribution in [0.1, 0.15) is 13.8 Å². The van der Waals surface area contributed by atoms with E-state index in [0.717, 1.165) is 35.2 Å². The van der Waals surface area contributed by atoms with Crippen LogP contribution in [0, 0.1) is 0 Å². The van der Waals surface area contributed by atoms with Gasteiger partial charge in [0.05, 0.1) is 22.1 Å². The first-order valence-corrected chi connectivity index (χ1v) is 6.73. The minimum Gasteiger partial charge on any atom is -0.372 e. The Bertz CT molecular complexity index is 717. The largest absolute Gasteiger partial charge is 0.372 e. The minimum absolute atomic E-state index is 0.950. The first-order chi connectivity index (χ1) is 9.31. The van der Waals surface area contributed by atoms with Crippen LogP contribution in [0.25, 0.3) is 22.1 Å². The smallest absolute Gasteiger partial charge is 0.0915 e. The summed E-state index contributed by atoms with van der Waals surface area (Å²) in [6, 6.07) is 14.3. The molecule has 2 aromatic carbocycles. The Morgan fingerprint density at radius 3 is 2.00 bits per heavy atom. The molecule has 0 radical (unpaired) electrons. The SMILES string of the molecule is CCN(CC)c1ccc2nc3ccccc3nc2c1. The standard InChI is InChI=1S/C16H17N3/c1-3-19(4-2)12-9-10-15-16(11-12)18-14-8-6-5-7-13(14)17-15/h5-11H,3-4H2,1-2H3. The average molecular weight is 251 g/mol. The highest BCUT2D eigenvalue weighted by Crippen LogP contribution is 2.21. The zero-order chi connectivity index (χ0) is 13.2. The van der Waals surface area contributed by atoms with E-state index >= 15 is 0 Å². The van der Waals surface area contributed by atoms with Gasteiger partial charge in [-0.25, -0.2) is 9.97 Å². The Labute approximate surface area is 112 Å². The van der Waals surface area contributed by atoms with Gasteiger partial charge in [0.2, 0.25) is 0 Å². The second-order valence-electron chi connectivity index (χ2n) is 4.56. The van der Waals surface area contributed by atoms with E-state index in [-0.39, 0.29) is 0 Å². The van der Waals surface area contributed by atoms with E-state index < -0.39 is 0 Å². The van der Waals surface area contributed by atoms with Crippen molar-refractivity contribution in [3.05, 3.63) is 42.5 Å². The number of aromatic nitrogens is 2. The predicted molar refractivity (Wildman–Crippen MR) is 80.6 cm³/mol. The molecule has 0 unspecified atom stereocenters. The molecule has 3 heteroatoms. The van der Waals surface area contributed by atoms with E-state index in [1.807, 2.05) is 24.3 Å². The molecule has 0 aliphatic rings. The molecule has 0 atom stereocenters. The summed E-state index contributed by atoms with van der Waals surface area (Å²) in [4.78, 5) is 11.7. The molecule has 0 bridgehead atoms. The van der Waals surface area contributed by atoms with Crippen LogP contribution in [0.3, 0.4) is 0 Å². The normalized spacial score (nSPS) is 11.1. The lowest BCUT2D eigenvalue weighted by Gasteiger charge is -2.21. The van der Waals surface area contributed by atoms with Crippen LogP contribution >= 0.6 is 0 Å². The van der Waals surface area contributed by atoms with Gasteiger partial charge in [-0.2, -0.15) is 0 Å². The summed E-state index contributed by atoms with van der Waals surface area (Å²) in [6.07, 6.45) is 0. The number of fused-ring (bicyclic) bond motifs is 2. The number of rotatable bonds is 3. The third-order valence-electron chi connectivity index (χ3n) is 3.45. The number of nitrogens with zero attached hydrogens (tertiary/aromatic N) is 3. The maximum absolute atomic E-state index is 4.70. The fourth-order valence-electron chi connectivity index (χ4n) is 2.39. The topological polar surface area (TPSA) is 29.0 Å². The van der Waals surface area contributed by atoms with Gasteiger partial charge < -0.3 is 4.90 Å². The second kappa shape index (κ2) is 4.84. The Morgan fingerprint density at radius 2 is 1.37 bits per heavy atom. The summed E-state index contributed by atoms with van der Waals surface area (Å²) < 4.78 is 0. The van der Waals surface area contributed by atoms with Crippen molar-refractivity contribution in [2.45, 2.75) is 13.8 Å². The van der Waals surface area contributed by atoms with E-state index in [1.54, 1.807) is 0 Å². The molecule has 3 rings (SSSR count). The van der Waals surface area contributed by atoms with Crippen molar-refractivity contribution in [1.82, 2.24) is 9.97 Å². The lowest BCUT2D eigenvalue weighted by Crippen LogP contribution is -2.21. The number of benzene rings is 2. The van der Waals surface area contributed by atoms with Crippen LogP contribution in [-0.4, -0.2) is 23.1 Å². The van der Waals surface area contributed by atoms with Gasteiger partial charge in [0.25, 0.3) is 0 Å². The maximum Gasteiger partial charge on any atom is 0.0915 e. The molecule has 0 aliphatic carbocycles. The molecule has 1 heterocycles. The highest BCUT2D eigenvalue weighted by atomic mass is 15.1. The monoisotopic (exact) mass is 251 g/mol. The van der Waals surface area contributed by atoms with Crippen molar-refractivity contribution in [2.75, 3.05) is 18.0 Å². The fraction of sp³-hybridized carbons (Fsp3) is 0.250. The molecule has 0 saturated heterocycles. The molecule has 0 saturated carbocycles. The van der Waals surface area contributed by atoms with Gasteiger partial charge >= 0.3 is 0 Å². The lowest BCUT2D eigenvalue weighted by molar-refractivity contribution is 0.867. The van der Waals surface area contributed by atoms with Gasteiger partial charge in [0.15, 0.2) is 0 Å². The first-order valence-electron chi connectivity index (χ1n) is 6.73. The Morgan fingerprint density at radius 1 is 0.789 bits per heavy atom. The number of hydrogen-bond acceptors (Lipinski definition) is 3. The fourth-order valence-corrected chi connectivity index (χ4v) is 2.39. The van der Waals surface area contributed by atoms with E-state index in [0.29, 0.717) is 0 Å². The van der Waals surface area contributed by atoms with Crippen LogP contribution in [0.2, 0.25) is 0 Å². The van der Waals surface area contributed by atoms with E-state index in [9.17, 15) is 0 Å². The van der Waals surface area contributed by atoms with Gasteiger partial charge in [0, 0.05) is 18.8 Å². The molecule has 0 aliphatic heterocycles. The number of anilines is 1. The van der Waals surface area contributed by atoms with Crippen molar-refractivity contribution in [1.29, 1.82) is 0 Å². The summed E-state index contributed by atoms with van der Waals surface area (Å²) in [6.45, 7) is 6.34. The van der Waals surface area contributed by atoms with Crippen molar-refractivity contribution >= 4 is 27.8 Å². The Hall–Kier alpha value is -2.16. The lowest BCUT2D eigenvalue weighted by atomic mass is 10.2. The van der Waals surface area contributed by atoms with E-state index in [2.05, 4.69) is 41.9 Å². The summed E-state index contributed by atoms with van der Waals surface area (Å²) in [7, 11) is 0. The summed E-state index contributed by atoms with van der Waals surface area (Å²) in [5.41, 5.74) is 5.03. The van der Waals surface area contributed by atoms with Gasteiger partial charge in [-0.05, 0) is 44.2 Å². The van der Waals surface area contributed by atoms with E-state index in [4.69, 9.17) is 4.98 Å². The van der Waals surface area contributed by atoms with Crippen molar-refractivity contribution in [3.63, 3.8) is 0 Å². The average Bonchev–Trinajstić information content (AvgIpc) is 2.46. The molecule has 0 spiro atoms. The Kier molecular flexibility index (Phi) is 3.03. The molecule has 19 heavy (non-hydrogen) atoms. The zero-order valence-electron chi connectivity index (χ0n) is 11.3. The van der Waals surface area contributed by atoms with Crippen molar-refractivity contribution in [3.8, 4) is 0 Å². The predicted octanol–water partition coefficient (Wildman–Crippen LogP) is 3.63. The van der Waals surface area contributed by atoms with Gasteiger partial charge in [0.1, 0.15) is 0 Å². The second-order valence-corrected chi connectivity index (χ2v) is 4.56. The number of para-hydroxylation sites is 2. The molecule has 0 N–H and O–H groups in total. The molecule has 96 valence electrons. The molecular weight excluding hydrogens is 234 g/mol. The van der Waals surface area contributed by atoms with Crippen LogP contribution in [0.4, 0.5) is 5.69 Å². The summed E-state index contributed by atoms with van der Waals surface area (Å²) in [5.74, 6) is 0. The van der Waals surface area contributed by atoms with Crippen LogP contribution < -0.4 is 4.90 Å².